The fourth-order valence-electron chi connectivity index (χ4n) is 2.36. The van der Waals surface area contributed by atoms with E-state index < -0.39 is 0 Å². The lowest BCUT2D eigenvalue weighted by Crippen LogP contribution is -2.39. The highest BCUT2D eigenvalue weighted by molar-refractivity contribution is 5.94. The molecule has 1 aliphatic rings. The third kappa shape index (κ3) is 4.48. The maximum atomic E-state index is 12.2. The molecular weight excluding hydrogens is 266 g/mol. The van der Waals surface area contributed by atoms with E-state index >= 15 is 0 Å². The molecule has 1 fully saturated rings. The Hall–Kier alpha value is -2.04. The molecule has 1 heterocycles. The van der Waals surface area contributed by atoms with E-state index in [-0.39, 0.29) is 18.0 Å². The van der Waals surface area contributed by atoms with E-state index in [1.807, 2.05) is 43.0 Å². The number of benzene rings is 1. The average Bonchev–Trinajstić information content (AvgIpc) is 2.98. The summed E-state index contributed by atoms with van der Waals surface area (Å²) in [5.74, 6) is 0.101. The van der Waals surface area contributed by atoms with Crippen LogP contribution in [0.15, 0.2) is 24.3 Å². The van der Waals surface area contributed by atoms with Gasteiger partial charge in [-0.3, -0.25) is 4.79 Å². The Bertz CT molecular complexity index is 491. The first kappa shape index (κ1) is 15.4. The lowest BCUT2D eigenvalue weighted by atomic mass is 10.1. The molecule has 3 amide bonds. The smallest absolute Gasteiger partial charge is 0.315 e. The van der Waals surface area contributed by atoms with Gasteiger partial charge >= 0.3 is 6.03 Å². The SMILES string of the molecule is CC(C)NC(=O)NCc1ccc(C(=O)N2CCCC2)cc1. The topological polar surface area (TPSA) is 61.4 Å². The molecule has 0 spiro atoms. The second kappa shape index (κ2) is 7.11. The van der Waals surface area contributed by atoms with E-state index in [9.17, 15) is 9.59 Å². The van der Waals surface area contributed by atoms with Gasteiger partial charge in [-0.25, -0.2) is 4.79 Å². The number of urea groups is 1. The van der Waals surface area contributed by atoms with Crippen LogP contribution in [-0.2, 0) is 6.54 Å². The second-order valence-corrected chi connectivity index (χ2v) is 5.68. The number of amides is 3. The van der Waals surface area contributed by atoms with Crippen molar-refractivity contribution >= 4 is 11.9 Å². The monoisotopic (exact) mass is 289 g/mol. The lowest BCUT2D eigenvalue weighted by molar-refractivity contribution is 0.0793. The molecule has 0 radical (unpaired) electrons. The number of hydrogen-bond donors (Lipinski definition) is 2. The van der Waals surface area contributed by atoms with Crippen LogP contribution in [0.1, 0.15) is 42.6 Å². The zero-order valence-electron chi connectivity index (χ0n) is 12.7. The molecule has 1 aliphatic heterocycles. The summed E-state index contributed by atoms with van der Waals surface area (Å²) in [6, 6.07) is 7.38. The number of rotatable bonds is 4. The molecular formula is C16H23N3O2. The summed E-state index contributed by atoms with van der Waals surface area (Å²) in [4.78, 5) is 25.6. The van der Waals surface area contributed by atoms with Crippen LogP contribution < -0.4 is 10.6 Å². The fraction of sp³-hybridized carbons (Fsp3) is 0.500. The third-order valence-corrected chi connectivity index (χ3v) is 3.47. The molecule has 1 aromatic carbocycles. The van der Waals surface area contributed by atoms with Crippen LogP contribution >= 0.6 is 0 Å². The Kier molecular flexibility index (Phi) is 5.20. The van der Waals surface area contributed by atoms with E-state index in [0.29, 0.717) is 12.1 Å². The van der Waals surface area contributed by atoms with E-state index in [1.165, 1.54) is 0 Å². The second-order valence-electron chi connectivity index (χ2n) is 5.68. The number of carbonyl (C=O) groups is 2. The first-order valence-electron chi connectivity index (χ1n) is 7.49. The van der Waals surface area contributed by atoms with Gasteiger partial charge in [-0.2, -0.15) is 0 Å². The molecule has 0 aromatic heterocycles. The van der Waals surface area contributed by atoms with Gasteiger partial charge < -0.3 is 15.5 Å². The van der Waals surface area contributed by atoms with Crippen molar-refractivity contribution in [3.63, 3.8) is 0 Å². The van der Waals surface area contributed by atoms with Gasteiger partial charge in [0.15, 0.2) is 0 Å². The largest absolute Gasteiger partial charge is 0.339 e. The maximum Gasteiger partial charge on any atom is 0.315 e. The predicted molar refractivity (Wildman–Crippen MR) is 82.1 cm³/mol. The molecule has 2 N–H and O–H groups in total. The number of nitrogens with zero attached hydrogens (tertiary/aromatic N) is 1. The Morgan fingerprint density at radius 3 is 2.33 bits per heavy atom. The molecule has 114 valence electrons. The van der Waals surface area contributed by atoms with Crippen LogP contribution in [0.25, 0.3) is 0 Å². The van der Waals surface area contributed by atoms with Crippen molar-refractivity contribution in [3.8, 4) is 0 Å². The van der Waals surface area contributed by atoms with Gasteiger partial charge in [0.2, 0.25) is 0 Å². The minimum Gasteiger partial charge on any atom is -0.339 e. The Morgan fingerprint density at radius 2 is 1.76 bits per heavy atom. The van der Waals surface area contributed by atoms with Gasteiger partial charge in [0.25, 0.3) is 5.91 Å². The van der Waals surface area contributed by atoms with Crippen LogP contribution in [0, 0.1) is 0 Å². The van der Waals surface area contributed by atoms with Crippen molar-refractivity contribution in [2.45, 2.75) is 39.3 Å². The Balaban J connectivity index is 1.87. The summed E-state index contributed by atoms with van der Waals surface area (Å²) in [5.41, 5.74) is 1.69. The molecule has 0 bridgehead atoms. The maximum absolute atomic E-state index is 12.2. The lowest BCUT2D eigenvalue weighted by Gasteiger charge is -2.15. The summed E-state index contributed by atoms with van der Waals surface area (Å²) in [7, 11) is 0. The van der Waals surface area contributed by atoms with Crippen molar-refractivity contribution in [2.24, 2.45) is 0 Å². The summed E-state index contributed by atoms with van der Waals surface area (Å²) in [6.45, 7) is 6.00. The predicted octanol–water partition coefficient (Wildman–Crippen LogP) is 2.13. The number of hydrogen-bond acceptors (Lipinski definition) is 2. The minimum absolute atomic E-state index is 0.101. The molecule has 21 heavy (non-hydrogen) atoms. The van der Waals surface area contributed by atoms with Crippen molar-refractivity contribution in [1.29, 1.82) is 0 Å². The molecule has 1 aromatic rings. The highest BCUT2D eigenvalue weighted by Crippen LogP contribution is 2.13. The first-order valence-corrected chi connectivity index (χ1v) is 7.49. The van der Waals surface area contributed by atoms with E-state index in [2.05, 4.69) is 10.6 Å². The average molecular weight is 289 g/mol. The highest BCUT2D eigenvalue weighted by atomic mass is 16.2. The summed E-state index contributed by atoms with van der Waals surface area (Å²) < 4.78 is 0. The van der Waals surface area contributed by atoms with E-state index in [4.69, 9.17) is 0 Å². The van der Waals surface area contributed by atoms with Crippen LogP contribution in [0.2, 0.25) is 0 Å². The van der Waals surface area contributed by atoms with Crippen molar-refractivity contribution in [1.82, 2.24) is 15.5 Å². The minimum atomic E-state index is -0.179. The van der Waals surface area contributed by atoms with Crippen molar-refractivity contribution in [2.75, 3.05) is 13.1 Å². The molecule has 0 unspecified atom stereocenters. The summed E-state index contributed by atoms with van der Waals surface area (Å²) in [6.07, 6.45) is 2.19. The highest BCUT2D eigenvalue weighted by Gasteiger charge is 2.19. The van der Waals surface area contributed by atoms with Gasteiger partial charge in [0, 0.05) is 31.2 Å². The van der Waals surface area contributed by atoms with E-state index in [1.54, 1.807) is 0 Å². The van der Waals surface area contributed by atoms with E-state index in [0.717, 1.165) is 31.5 Å². The van der Waals surface area contributed by atoms with Gasteiger partial charge in [0.1, 0.15) is 0 Å². The molecule has 1 saturated heterocycles. The zero-order valence-corrected chi connectivity index (χ0v) is 12.7. The van der Waals surface area contributed by atoms with Crippen LogP contribution in [-0.4, -0.2) is 36.0 Å². The molecule has 0 saturated carbocycles. The zero-order chi connectivity index (χ0) is 15.2. The van der Waals surface area contributed by atoms with Gasteiger partial charge in [-0.1, -0.05) is 12.1 Å². The normalized spacial score (nSPS) is 14.3. The Labute approximate surface area is 125 Å². The first-order chi connectivity index (χ1) is 10.1. The standard InChI is InChI=1S/C16H23N3O2/c1-12(2)18-16(21)17-11-13-5-7-14(8-6-13)15(20)19-9-3-4-10-19/h5-8,12H,3-4,9-11H2,1-2H3,(H2,17,18,21). The summed E-state index contributed by atoms with van der Waals surface area (Å²) >= 11 is 0. The van der Waals surface area contributed by atoms with Crippen molar-refractivity contribution in [3.05, 3.63) is 35.4 Å². The number of likely N-dealkylation sites (tertiary alicyclic amines) is 1. The summed E-state index contributed by atoms with van der Waals surface area (Å²) in [5, 5.41) is 5.56. The van der Waals surface area contributed by atoms with Crippen LogP contribution in [0.3, 0.4) is 0 Å². The fourth-order valence-corrected chi connectivity index (χ4v) is 2.36. The molecule has 5 heteroatoms. The molecule has 0 aliphatic carbocycles. The third-order valence-electron chi connectivity index (χ3n) is 3.47. The number of carbonyl (C=O) groups excluding carboxylic acids is 2. The molecule has 0 atom stereocenters. The molecule has 5 nitrogen and oxygen atoms in total. The van der Waals surface area contributed by atoms with Gasteiger partial charge in [0.05, 0.1) is 0 Å². The van der Waals surface area contributed by atoms with Crippen molar-refractivity contribution < 1.29 is 9.59 Å². The van der Waals surface area contributed by atoms with Crippen LogP contribution in [0.4, 0.5) is 4.79 Å². The Morgan fingerprint density at radius 1 is 1.14 bits per heavy atom. The molecule has 2 rings (SSSR count). The van der Waals surface area contributed by atoms with Gasteiger partial charge in [-0.05, 0) is 44.4 Å². The van der Waals surface area contributed by atoms with Crippen LogP contribution in [0.5, 0.6) is 0 Å². The number of nitrogens with one attached hydrogen (secondary N) is 2. The quantitative estimate of drug-likeness (QED) is 0.892. The van der Waals surface area contributed by atoms with Gasteiger partial charge in [-0.15, -0.1) is 0 Å².